The van der Waals surface area contributed by atoms with Crippen LogP contribution in [-0.4, -0.2) is 28.6 Å². The Morgan fingerprint density at radius 1 is 0.968 bits per heavy atom. The summed E-state index contributed by atoms with van der Waals surface area (Å²) in [6.07, 6.45) is 0. The number of carbonyl (C=O) groups excluding carboxylic acids is 2. The van der Waals surface area contributed by atoms with E-state index in [-0.39, 0.29) is 22.8 Å². The minimum absolute atomic E-state index is 0.0418. The molecule has 0 radical (unpaired) electrons. The molecule has 3 aromatic rings. The molecule has 3 aromatic carbocycles. The maximum absolute atomic E-state index is 13.7. The van der Waals surface area contributed by atoms with Crippen LogP contribution in [0.1, 0.15) is 26.3 Å². The van der Waals surface area contributed by atoms with Gasteiger partial charge in [-0.25, -0.2) is 9.18 Å². The van der Waals surface area contributed by atoms with E-state index in [2.05, 4.69) is 10.6 Å². The van der Waals surface area contributed by atoms with Gasteiger partial charge in [0.2, 0.25) is 5.91 Å². The molecule has 8 heteroatoms. The number of benzene rings is 3. The van der Waals surface area contributed by atoms with Crippen molar-refractivity contribution in [2.24, 2.45) is 0 Å². The molecule has 0 spiro atoms. The molecule has 0 aromatic heterocycles. The van der Waals surface area contributed by atoms with E-state index in [4.69, 9.17) is 5.11 Å². The van der Waals surface area contributed by atoms with Crippen molar-refractivity contribution in [1.29, 1.82) is 0 Å². The van der Waals surface area contributed by atoms with E-state index in [0.29, 0.717) is 11.4 Å². The van der Waals surface area contributed by atoms with Gasteiger partial charge in [-0.3, -0.25) is 9.59 Å². The van der Waals surface area contributed by atoms with Crippen molar-refractivity contribution in [3.8, 4) is 0 Å². The number of amides is 2. The number of carbonyl (C=O) groups is 3. The second-order valence-corrected chi connectivity index (χ2v) is 7.68. The maximum atomic E-state index is 13.7. The molecule has 2 amide bonds. The Morgan fingerprint density at radius 3 is 2.35 bits per heavy atom. The standard InChI is InChI=1S/C23H19FN2O4S/c1-14-6-7-15(23(29)30)12-20(14)26-21(27)13-31-17-10-8-16(9-11-17)25-22(28)18-4-2-3-5-19(18)24/h2-12H,13H2,1H3,(H,25,28)(H,26,27)(H,29,30). The van der Waals surface area contributed by atoms with E-state index in [0.717, 1.165) is 10.5 Å². The van der Waals surface area contributed by atoms with Crippen molar-refractivity contribution in [3.05, 3.63) is 89.2 Å². The highest BCUT2D eigenvalue weighted by Gasteiger charge is 2.12. The third kappa shape index (κ3) is 5.93. The molecule has 0 heterocycles. The van der Waals surface area contributed by atoms with Crippen molar-refractivity contribution >= 4 is 40.9 Å². The molecular weight excluding hydrogens is 419 g/mol. The topological polar surface area (TPSA) is 95.5 Å². The van der Waals surface area contributed by atoms with E-state index in [1.54, 1.807) is 43.3 Å². The largest absolute Gasteiger partial charge is 0.478 e. The average molecular weight is 438 g/mol. The SMILES string of the molecule is Cc1ccc(C(=O)O)cc1NC(=O)CSc1ccc(NC(=O)c2ccccc2F)cc1. The number of carboxylic acids is 1. The van der Waals surface area contributed by atoms with Crippen molar-refractivity contribution in [1.82, 2.24) is 0 Å². The Balaban J connectivity index is 1.55. The molecular formula is C23H19FN2O4S. The molecule has 3 rings (SSSR count). The number of hydrogen-bond acceptors (Lipinski definition) is 4. The molecule has 0 aliphatic carbocycles. The van der Waals surface area contributed by atoms with Crippen LogP contribution in [0.2, 0.25) is 0 Å². The second-order valence-electron chi connectivity index (χ2n) is 6.63. The predicted octanol–water partition coefficient (Wildman–Crippen LogP) is 4.82. The molecule has 0 atom stereocenters. The zero-order chi connectivity index (χ0) is 22.4. The van der Waals surface area contributed by atoms with Gasteiger partial charge in [-0.05, 0) is 61.0 Å². The summed E-state index contributed by atoms with van der Waals surface area (Å²) in [5.74, 6) is -2.35. The monoisotopic (exact) mass is 438 g/mol. The first-order valence-corrected chi connectivity index (χ1v) is 10.2. The lowest BCUT2D eigenvalue weighted by Crippen LogP contribution is -2.15. The van der Waals surface area contributed by atoms with Crippen LogP contribution in [0, 0.1) is 12.7 Å². The van der Waals surface area contributed by atoms with E-state index in [1.165, 1.54) is 42.1 Å². The van der Waals surface area contributed by atoms with Crippen LogP contribution in [0.25, 0.3) is 0 Å². The third-order valence-corrected chi connectivity index (χ3v) is 5.37. The maximum Gasteiger partial charge on any atom is 0.335 e. The summed E-state index contributed by atoms with van der Waals surface area (Å²) in [6.45, 7) is 1.78. The number of rotatable bonds is 7. The summed E-state index contributed by atoms with van der Waals surface area (Å²) in [6, 6.07) is 17.1. The summed E-state index contributed by atoms with van der Waals surface area (Å²) in [5.41, 5.74) is 1.78. The number of carboxylic acid groups (broad SMARTS) is 1. The highest BCUT2D eigenvalue weighted by atomic mass is 32.2. The first-order valence-electron chi connectivity index (χ1n) is 9.26. The molecule has 0 unspecified atom stereocenters. The van der Waals surface area contributed by atoms with Gasteiger partial charge in [-0.15, -0.1) is 11.8 Å². The molecule has 0 saturated carbocycles. The number of nitrogens with one attached hydrogen (secondary N) is 2. The fraction of sp³-hybridized carbons (Fsp3) is 0.0870. The molecule has 158 valence electrons. The van der Waals surface area contributed by atoms with Crippen molar-refractivity contribution in [3.63, 3.8) is 0 Å². The summed E-state index contributed by atoms with van der Waals surface area (Å²) in [5, 5.41) is 14.4. The minimum Gasteiger partial charge on any atom is -0.478 e. The highest BCUT2D eigenvalue weighted by Crippen LogP contribution is 2.22. The van der Waals surface area contributed by atoms with Gasteiger partial charge in [0.1, 0.15) is 5.82 Å². The van der Waals surface area contributed by atoms with Gasteiger partial charge in [0.05, 0.1) is 16.9 Å². The molecule has 0 aliphatic heterocycles. The third-order valence-electron chi connectivity index (χ3n) is 4.36. The van der Waals surface area contributed by atoms with Gasteiger partial charge >= 0.3 is 5.97 Å². The quantitative estimate of drug-likeness (QED) is 0.460. The lowest BCUT2D eigenvalue weighted by Gasteiger charge is -2.10. The molecule has 0 bridgehead atoms. The highest BCUT2D eigenvalue weighted by molar-refractivity contribution is 8.00. The first-order chi connectivity index (χ1) is 14.8. The van der Waals surface area contributed by atoms with E-state index >= 15 is 0 Å². The lowest BCUT2D eigenvalue weighted by molar-refractivity contribution is -0.113. The number of aromatic carboxylic acids is 1. The number of aryl methyl sites for hydroxylation is 1. The Kier molecular flexibility index (Phi) is 7.04. The number of halogens is 1. The number of anilines is 2. The molecule has 31 heavy (non-hydrogen) atoms. The smallest absolute Gasteiger partial charge is 0.335 e. The fourth-order valence-electron chi connectivity index (χ4n) is 2.70. The van der Waals surface area contributed by atoms with Gasteiger partial charge in [-0.2, -0.15) is 0 Å². The Morgan fingerprint density at radius 2 is 1.68 bits per heavy atom. The zero-order valence-electron chi connectivity index (χ0n) is 16.5. The lowest BCUT2D eigenvalue weighted by atomic mass is 10.1. The van der Waals surface area contributed by atoms with Crippen molar-refractivity contribution < 1.29 is 23.9 Å². The fourth-order valence-corrected chi connectivity index (χ4v) is 3.40. The van der Waals surface area contributed by atoms with Crippen LogP contribution in [-0.2, 0) is 4.79 Å². The Bertz CT molecular complexity index is 1130. The van der Waals surface area contributed by atoms with Gasteiger partial charge in [0.15, 0.2) is 0 Å². The van der Waals surface area contributed by atoms with Gasteiger partial charge < -0.3 is 15.7 Å². The van der Waals surface area contributed by atoms with E-state index in [9.17, 15) is 18.8 Å². The average Bonchev–Trinajstić information content (AvgIpc) is 2.75. The first kappa shape index (κ1) is 22.0. The van der Waals surface area contributed by atoms with Gasteiger partial charge in [0.25, 0.3) is 5.91 Å². The van der Waals surface area contributed by atoms with E-state index < -0.39 is 17.7 Å². The summed E-state index contributed by atoms with van der Waals surface area (Å²) >= 11 is 1.29. The summed E-state index contributed by atoms with van der Waals surface area (Å²) in [4.78, 5) is 36.3. The van der Waals surface area contributed by atoms with Gasteiger partial charge in [0, 0.05) is 16.3 Å². The van der Waals surface area contributed by atoms with E-state index in [1.807, 2.05) is 0 Å². The molecule has 0 aliphatic rings. The van der Waals surface area contributed by atoms with Crippen LogP contribution in [0.3, 0.4) is 0 Å². The number of thioether (sulfide) groups is 1. The summed E-state index contributed by atoms with van der Waals surface area (Å²) < 4.78 is 13.7. The Labute approximate surface area is 182 Å². The van der Waals surface area contributed by atoms with Crippen LogP contribution in [0.4, 0.5) is 15.8 Å². The summed E-state index contributed by atoms with van der Waals surface area (Å²) in [7, 11) is 0. The van der Waals surface area contributed by atoms with Crippen molar-refractivity contribution in [2.75, 3.05) is 16.4 Å². The zero-order valence-corrected chi connectivity index (χ0v) is 17.3. The molecule has 0 saturated heterocycles. The van der Waals surface area contributed by atoms with Crippen LogP contribution in [0.15, 0.2) is 71.6 Å². The van der Waals surface area contributed by atoms with Crippen LogP contribution in [0.5, 0.6) is 0 Å². The predicted molar refractivity (Wildman–Crippen MR) is 118 cm³/mol. The molecule has 0 fully saturated rings. The van der Waals surface area contributed by atoms with Crippen molar-refractivity contribution in [2.45, 2.75) is 11.8 Å². The second kappa shape index (κ2) is 9.90. The Hall–Kier alpha value is -3.65. The number of hydrogen-bond donors (Lipinski definition) is 3. The minimum atomic E-state index is -1.06. The normalized spacial score (nSPS) is 10.4. The van der Waals surface area contributed by atoms with Crippen LogP contribution < -0.4 is 10.6 Å². The van der Waals surface area contributed by atoms with Gasteiger partial charge in [-0.1, -0.05) is 18.2 Å². The molecule has 6 nitrogen and oxygen atoms in total. The molecule has 3 N–H and O–H groups in total. The van der Waals surface area contributed by atoms with Crippen LogP contribution >= 0.6 is 11.8 Å².